The van der Waals surface area contributed by atoms with Gasteiger partial charge in [-0.15, -0.1) is 0 Å². The molecular formula is C44H24N4O. The Morgan fingerprint density at radius 3 is 1.63 bits per heavy atom. The van der Waals surface area contributed by atoms with Gasteiger partial charge in [0.1, 0.15) is 5.58 Å². The number of nitrogens with zero attached hydrogens (tertiary/aromatic N) is 4. The number of rotatable bonds is 3. The lowest BCUT2D eigenvalue weighted by Gasteiger charge is -2.18. The quantitative estimate of drug-likeness (QED) is 0.196. The van der Waals surface area contributed by atoms with Crippen LogP contribution in [0.4, 0.5) is 0 Å². The largest absolute Gasteiger partial charge is 0.454 e. The van der Waals surface area contributed by atoms with Crippen molar-refractivity contribution in [3.05, 3.63) is 157 Å². The van der Waals surface area contributed by atoms with Crippen LogP contribution in [-0.2, 0) is 0 Å². The van der Waals surface area contributed by atoms with Crippen molar-refractivity contribution < 1.29 is 4.42 Å². The van der Waals surface area contributed by atoms with E-state index >= 15 is 0 Å². The summed E-state index contributed by atoms with van der Waals surface area (Å²) in [5.41, 5.74) is 11.1. The van der Waals surface area contributed by atoms with Crippen LogP contribution in [0.1, 0.15) is 11.1 Å². The summed E-state index contributed by atoms with van der Waals surface area (Å²) in [6, 6.07) is 54.3. The van der Waals surface area contributed by atoms with Crippen LogP contribution in [-0.4, -0.2) is 9.13 Å². The molecule has 5 heteroatoms. The van der Waals surface area contributed by atoms with Crippen LogP contribution >= 0.6 is 0 Å². The van der Waals surface area contributed by atoms with E-state index in [0.29, 0.717) is 11.1 Å². The second-order valence-electron chi connectivity index (χ2n) is 12.3. The fraction of sp³-hybridized carbons (Fsp3) is 0. The van der Waals surface area contributed by atoms with E-state index in [-0.39, 0.29) is 0 Å². The highest BCUT2D eigenvalue weighted by Gasteiger charge is 2.22. The van der Waals surface area contributed by atoms with E-state index in [0.717, 1.165) is 88.1 Å². The van der Waals surface area contributed by atoms with Crippen molar-refractivity contribution in [3.8, 4) is 34.6 Å². The van der Waals surface area contributed by atoms with Crippen LogP contribution in [0.2, 0.25) is 0 Å². The van der Waals surface area contributed by atoms with E-state index in [1.807, 2.05) is 48.5 Å². The number of para-hydroxylation sites is 4. The third kappa shape index (κ3) is 3.79. The highest BCUT2D eigenvalue weighted by Crippen LogP contribution is 2.43. The first kappa shape index (κ1) is 27.1. The standard InChI is InChI=1S/C44H24N4O/c45-25-27-17-21-40-35(23-27)36-24-28(26-46)18-22-41(36)47(40)37-13-5-1-9-29(37)30-10-2-6-14-38(30)48-39-15-7-3-11-31(39)33-19-20-34-32-12-4-8-16-42(32)49-44(34)43(33)48/h1-24H. The Morgan fingerprint density at radius 1 is 0.429 bits per heavy atom. The van der Waals surface area contributed by atoms with Crippen LogP contribution in [0.5, 0.6) is 0 Å². The van der Waals surface area contributed by atoms with Gasteiger partial charge in [-0.3, -0.25) is 0 Å². The third-order valence-electron chi connectivity index (χ3n) is 9.78. The van der Waals surface area contributed by atoms with Gasteiger partial charge in [0.25, 0.3) is 0 Å². The van der Waals surface area contributed by atoms with Gasteiger partial charge in [-0.1, -0.05) is 78.9 Å². The van der Waals surface area contributed by atoms with Gasteiger partial charge in [0.2, 0.25) is 0 Å². The zero-order valence-corrected chi connectivity index (χ0v) is 26.1. The van der Waals surface area contributed by atoms with Crippen LogP contribution < -0.4 is 0 Å². The molecule has 0 aliphatic carbocycles. The van der Waals surface area contributed by atoms with Crippen molar-refractivity contribution in [2.45, 2.75) is 0 Å². The van der Waals surface area contributed by atoms with Crippen molar-refractivity contribution in [3.63, 3.8) is 0 Å². The zero-order valence-electron chi connectivity index (χ0n) is 26.1. The van der Waals surface area contributed by atoms with Crippen LogP contribution in [0, 0.1) is 22.7 Å². The number of furan rings is 1. The van der Waals surface area contributed by atoms with Gasteiger partial charge in [-0.2, -0.15) is 10.5 Å². The van der Waals surface area contributed by atoms with Crippen molar-refractivity contribution in [1.29, 1.82) is 10.5 Å². The van der Waals surface area contributed by atoms with Crippen molar-refractivity contribution in [1.82, 2.24) is 9.13 Å². The summed E-state index contributed by atoms with van der Waals surface area (Å²) in [4.78, 5) is 0. The molecule has 0 spiro atoms. The smallest absolute Gasteiger partial charge is 0.160 e. The molecule has 0 amide bonds. The van der Waals surface area contributed by atoms with E-state index in [1.165, 1.54) is 0 Å². The molecule has 0 aliphatic heterocycles. The Labute approximate surface area is 280 Å². The fourth-order valence-corrected chi connectivity index (χ4v) is 7.70. The Bertz CT molecular complexity index is 3010. The number of aromatic nitrogens is 2. The van der Waals surface area contributed by atoms with Gasteiger partial charge in [-0.25, -0.2) is 0 Å². The van der Waals surface area contributed by atoms with Gasteiger partial charge in [-0.05, 0) is 66.7 Å². The van der Waals surface area contributed by atoms with Gasteiger partial charge in [0, 0.05) is 43.4 Å². The first-order valence-corrected chi connectivity index (χ1v) is 16.1. The number of fused-ring (bicyclic) bond motifs is 10. The molecule has 3 aromatic heterocycles. The maximum Gasteiger partial charge on any atom is 0.160 e. The van der Waals surface area contributed by atoms with Crippen LogP contribution in [0.15, 0.2) is 150 Å². The topological polar surface area (TPSA) is 70.6 Å². The van der Waals surface area contributed by atoms with E-state index < -0.39 is 0 Å². The Balaban J connectivity index is 1.31. The molecule has 3 heterocycles. The molecular weight excluding hydrogens is 601 g/mol. The molecule has 0 bridgehead atoms. The summed E-state index contributed by atoms with van der Waals surface area (Å²) in [6.07, 6.45) is 0. The first-order chi connectivity index (χ1) is 24.2. The van der Waals surface area contributed by atoms with E-state index in [4.69, 9.17) is 4.42 Å². The summed E-state index contributed by atoms with van der Waals surface area (Å²) >= 11 is 0. The van der Waals surface area contributed by atoms with Gasteiger partial charge in [0.05, 0.1) is 56.7 Å². The second-order valence-corrected chi connectivity index (χ2v) is 12.3. The highest BCUT2D eigenvalue weighted by atomic mass is 16.3. The van der Waals surface area contributed by atoms with Crippen molar-refractivity contribution in [2.75, 3.05) is 0 Å². The van der Waals surface area contributed by atoms with Gasteiger partial charge < -0.3 is 13.6 Å². The third-order valence-corrected chi connectivity index (χ3v) is 9.78. The predicted octanol–water partition coefficient (Wildman–Crippen LogP) is 11.2. The van der Waals surface area contributed by atoms with E-state index in [9.17, 15) is 10.5 Å². The average molecular weight is 625 g/mol. The molecule has 0 saturated carbocycles. The number of nitriles is 2. The lowest BCUT2D eigenvalue weighted by atomic mass is 10.0. The molecule has 0 radical (unpaired) electrons. The maximum absolute atomic E-state index is 9.75. The highest BCUT2D eigenvalue weighted by molar-refractivity contribution is 6.21. The first-order valence-electron chi connectivity index (χ1n) is 16.1. The molecule has 7 aromatic carbocycles. The number of benzene rings is 7. The second kappa shape index (κ2) is 10.2. The molecule has 5 nitrogen and oxygen atoms in total. The molecule has 10 rings (SSSR count). The molecule has 10 aromatic rings. The van der Waals surface area contributed by atoms with Crippen molar-refractivity contribution >= 4 is 65.6 Å². The molecule has 0 N–H and O–H groups in total. The minimum absolute atomic E-state index is 0.579. The molecule has 226 valence electrons. The minimum atomic E-state index is 0.579. The molecule has 0 unspecified atom stereocenters. The average Bonchev–Trinajstić information content (AvgIpc) is 3.82. The van der Waals surface area contributed by atoms with Gasteiger partial charge in [0.15, 0.2) is 5.58 Å². The summed E-state index contributed by atoms with van der Waals surface area (Å²) in [7, 11) is 0. The number of hydrogen-bond acceptors (Lipinski definition) is 3. The lowest BCUT2D eigenvalue weighted by molar-refractivity contribution is 0.671. The zero-order chi connectivity index (χ0) is 32.6. The Hall–Kier alpha value is -7.08. The van der Waals surface area contributed by atoms with Crippen molar-refractivity contribution in [2.24, 2.45) is 0 Å². The molecule has 49 heavy (non-hydrogen) atoms. The number of hydrogen-bond donors (Lipinski definition) is 0. The SMILES string of the molecule is N#Cc1ccc2c(c1)c1cc(C#N)ccc1n2-c1ccccc1-c1ccccc1-n1c2ccccc2c2ccc3c4ccccc4oc3c21. The monoisotopic (exact) mass is 624 g/mol. The maximum atomic E-state index is 9.75. The summed E-state index contributed by atoms with van der Waals surface area (Å²) < 4.78 is 11.3. The molecule has 0 fully saturated rings. The summed E-state index contributed by atoms with van der Waals surface area (Å²) in [5, 5.41) is 25.8. The van der Waals surface area contributed by atoms with E-state index in [2.05, 4.69) is 118 Å². The molecule has 0 saturated heterocycles. The Morgan fingerprint density at radius 2 is 0.959 bits per heavy atom. The van der Waals surface area contributed by atoms with Gasteiger partial charge >= 0.3 is 0 Å². The fourth-order valence-electron chi connectivity index (χ4n) is 7.70. The van der Waals surface area contributed by atoms with E-state index in [1.54, 1.807) is 0 Å². The van der Waals surface area contributed by atoms with Crippen LogP contribution in [0.3, 0.4) is 0 Å². The summed E-state index contributed by atoms with van der Waals surface area (Å²) in [5.74, 6) is 0. The molecule has 0 aliphatic rings. The normalized spacial score (nSPS) is 11.6. The Kier molecular flexibility index (Phi) is 5.64. The predicted molar refractivity (Wildman–Crippen MR) is 197 cm³/mol. The minimum Gasteiger partial charge on any atom is -0.454 e. The summed E-state index contributed by atoms with van der Waals surface area (Å²) in [6.45, 7) is 0. The van der Waals surface area contributed by atoms with Crippen LogP contribution in [0.25, 0.3) is 88.1 Å². The molecule has 0 atom stereocenters. The lowest BCUT2D eigenvalue weighted by Crippen LogP contribution is -2.01.